The van der Waals surface area contributed by atoms with E-state index in [-0.39, 0.29) is 5.54 Å². The molecule has 1 saturated heterocycles. The highest BCUT2D eigenvalue weighted by atomic mass is 16.3. The lowest BCUT2D eigenvalue weighted by Gasteiger charge is -2.26. The maximum absolute atomic E-state index is 9.89. The van der Waals surface area contributed by atoms with Gasteiger partial charge in [-0.25, -0.2) is 0 Å². The molecule has 1 unspecified atom stereocenters. The Hall–Kier alpha value is -0.860. The van der Waals surface area contributed by atoms with E-state index in [4.69, 9.17) is 0 Å². The van der Waals surface area contributed by atoms with Crippen molar-refractivity contribution in [3.8, 4) is 0 Å². The first-order valence-electron chi connectivity index (χ1n) is 6.00. The Kier molecular flexibility index (Phi) is 2.81. The molecule has 1 atom stereocenters. The second-order valence-electron chi connectivity index (χ2n) is 5.50. The summed E-state index contributed by atoms with van der Waals surface area (Å²) in [7, 11) is 0. The summed E-state index contributed by atoms with van der Waals surface area (Å²) < 4.78 is 0. The van der Waals surface area contributed by atoms with Crippen LogP contribution in [-0.2, 0) is 11.1 Å². The molecular formula is C14H21NO. The molecule has 2 heteroatoms. The summed E-state index contributed by atoms with van der Waals surface area (Å²) in [6, 6.07) is 8.32. The van der Waals surface area contributed by atoms with Crippen LogP contribution in [0.1, 0.15) is 44.7 Å². The summed E-state index contributed by atoms with van der Waals surface area (Å²) in [5.41, 5.74) is 1.66. The maximum Gasteiger partial charge on any atom is 0.0840 e. The van der Waals surface area contributed by atoms with Crippen LogP contribution < -0.4 is 5.32 Å². The van der Waals surface area contributed by atoms with Gasteiger partial charge in [0.25, 0.3) is 0 Å². The Balaban J connectivity index is 2.26. The molecule has 0 saturated carbocycles. The van der Waals surface area contributed by atoms with Gasteiger partial charge in [-0.05, 0) is 51.3 Å². The van der Waals surface area contributed by atoms with E-state index in [0.717, 1.165) is 12.1 Å². The van der Waals surface area contributed by atoms with Crippen LogP contribution >= 0.6 is 0 Å². The molecule has 2 nitrogen and oxygen atoms in total. The Morgan fingerprint density at radius 3 is 2.31 bits per heavy atom. The third kappa shape index (κ3) is 2.13. The van der Waals surface area contributed by atoms with E-state index in [1.807, 2.05) is 26.0 Å². The van der Waals surface area contributed by atoms with Crippen molar-refractivity contribution < 1.29 is 5.11 Å². The Labute approximate surface area is 97.7 Å². The molecule has 0 bridgehead atoms. The predicted molar refractivity (Wildman–Crippen MR) is 66.3 cm³/mol. The molecule has 2 N–H and O–H groups in total. The molecular weight excluding hydrogens is 198 g/mol. The van der Waals surface area contributed by atoms with Gasteiger partial charge in [-0.3, -0.25) is 0 Å². The van der Waals surface area contributed by atoms with E-state index >= 15 is 0 Å². The van der Waals surface area contributed by atoms with Crippen molar-refractivity contribution in [1.29, 1.82) is 0 Å². The van der Waals surface area contributed by atoms with Crippen molar-refractivity contribution in [2.75, 3.05) is 6.54 Å². The number of rotatable bonds is 2. The maximum atomic E-state index is 9.89. The topological polar surface area (TPSA) is 32.3 Å². The van der Waals surface area contributed by atoms with Gasteiger partial charge in [-0.15, -0.1) is 0 Å². The lowest BCUT2D eigenvalue weighted by atomic mass is 9.88. The summed E-state index contributed by atoms with van der Waals surface area (Å²) in [6.07, 6.45) is 2.43. The van der Waals surface area contributed by atoms with Crippen LogP contribution in [-0.4, -0.2) is 11.7 Å². The molecule has 0 amide bonds. The summed E-state index contributed by atoms with van der Waals surface area (Å²) in [5, 5.41) is 13.4. The third-order valence-corrected chi connectivity index (χ3v) is 3.60. The van der Waals surface area contributed by atoms with Gasteiger partial charge in [0.1, 0.15) is 0 Å². The minimum atomic E-state index is -0.747. The second-order valence-corrected chi connectivity index (χ2v) is 5.50. The van der Waals surface area contributed by atoms with Crippen molar-refractivity contribution >= 4 is 0 Å². The smallest absolute Gasteiger partial charge is 0.0840 e. The average Bonchev–Trinajstić information content (AvgIpc) is 2.66. The Bertz CT molecular complexity index is 355. The number of benzene rings is 1. The van der Waals surface area contributed by atoms with Crippen LogP contribution in [0.15, 0.2) is 24.3 Å². The zero-order valence-electron chi connectivity index (χ0n) is 10.4. The fourth-order valence-corrected chi connectivity index (χ4v) is 2.39. The third-order valence-electron chi connectivity index (χ3n) is 3.60. The SMILES string of the molecule is CC(C)(O)c1ccc(C2(C)CCCN2)cc1. The molecule has 1 aliphatic heterocycles. The molecule has 1 aliphatic rings. The van der Waals surface area contributed by atoms with Gasteiger partial charge in [0.05, 0.1) is 5.60 Å². The van der Waals surface area contributed by atoms with E-state index in [1.54, 1.807) is 0 Å². The number of nitrogens with one attached hydrogen (secondary N) is 1. The van der Waals surface area contributed by atoms with E-state index in [9.17, 15) is 5.11 Å². The normalized spacial score (nSPS) is 26.0. The Morgan fingerprint density at radius 1 is 1.25 bits per heavy atom. The highest BCUT2D eigenvalue weighted by molar-refractivity contribution is 5.31. The van der Waals surface area contributed by atoms with Crippen LogP contribution in [0.5, 0.6) is 0 Å². The van der Waals surface area contributed by atoms with Gasteiger partial charge in [-0.1, -0.05) is 24.3 Å². The van der Waals surface area contributed by atoms with E-state index in [0.29, 0.717) is 0 Å². The van der Waals surface area contributed by atoms with E-state index in [1.165, 1.54) is 18.4 Å². The van der Waals surface area contributed by atoms with Crippen molar-refractivity contribution in [2.45, 2.75) is 44.8 Å². The molecule has 0 aromatic heterocycles. The predicted octanol–water partition coefficient (Wildman–Crippen LogP) is 2.51. The zero-order chi connectivity index (χ0) is 11.8. The molecule has 0 spiro atoms. The van der Waals surface area contributed by atoms with Crippen molar-refractivity contribution in [3.63, 3.8) is 0 Å². The Morgan fingerprint density at radius 2 is 1.88 bits per heavy atom. The van der Waals surface area contributed by atoms with Gasteiger partial charge in [-0.2, -0.15) is 0 Å². The highest BCUT2D eigenvalue weighted by Crippen LogP contribution is 2.31. The van der Waals surface area contributed by atoms with Crippen LogP contribution in [0.2, 0.25) is 0 Å². The highest BCUT2D eigenvalue weighted by Gasteiger charge is 2.30. The molecule has 0 radical (unpaired) electrons. The van der Waals surface area contributed by atoms with Crippen LogP contribution in [0, 0.1) is 0 Å². The van der Waals surface area contributed by atoms with Crippen LogP contribution in [0.4, 0.5) is 0 Å². The summed E-state index contributed by atoms with van der Waals surface area (Å²) in [4.78, 5) is 0. The quantitative estimate of drug-likeness (QED) is 0.801. The fraction of sp³-hybridized carbons (Fsp3) is 0.571. The minimum Gasteiger partial charge on any atom is -0.386 e. The average molecular weight is 219 g/mol. The zero-order valence-corrected chi connectivity index (χ0v) is 10.4. The van der Waals surface area contributed by atoms with Gasteiger partial charge in [0.15, 0.2) is 0 Å². The first-order valence-corrected chi connectivity index (χ1v) is 6.00. The van der Waals surface area contributed by atoms with Gasteiger partial charge < -0.3 is 10.4 Å². The summed E-state index contributed by atoms with van der Waals surface area (Å²) in [5.74, 6) is 0. The molecule has 1 fully saturated rings. The molecule has 0 aliphatic carbocycles. The lowest BCUT2D eigenvalue weighted by molar-refractivity contribution is 0.0785. The first-order chi connectivity index (χ1) is 7.42. The summed E-state index contributed by atoms with van der Waals surface area (Å²) >= 11 is 0. The second kappa shape index (κ2) is 3.86. The van der Waals surface area contributed by atoms with Crippen molar-refractivity contribution in [2.24, 2.45) is 0 Å². The molecule has 2 rings (SSSR count). The minimum absolute atomic E-state index is 0.123. The lowest BCUT2D eigenvalue weighted by Crippen LogP contribution is -2.33. The molecule has 1 aromatic carbocycles. The van der Waals surface area contributed by atoms with E-state index in [2.05, 4.69) is 24.4 Å². The van der Waals surface area contributed by atoms with Gasteiger partial charge in [0, 0.05) is 5.54 Å². The van der Waals surface area contributed by atoms with E-state index < -0.39 is 5.60 Å². The standard InChI is InChI=1S/C14H21NO/c1-13(2,16)11-5-7-12(8-6-11)14(3)9-4-10-15-14/h5-8,15-16H,4,9-10H2,1-3H3. The first kappa shape index (κ1) is 11.6. The molecule has 16 heavy (non-hydrogen) atoms. The van der Waals surface area contributed by atoms with Crippen molar-refractivity contribution in [3.05, 3.63) is 35.4 Å². The van der Waals surface area contributed by atoms with Crippen LogP contribution in [0.3, 0.4) is 0 Å². The summed E-state index contributed by atoms with van der Waals surface area (Å²) in [6.45, 7) is 6.98. The molecule has 1 heterocycles. The largest absolute Gasteiger partial charge is 0.386 e. The molecule has 1 aromatic rings. The van der Waals surface area contributed by atoms with Gasteiger partial charge >= 0.3 is 0 Å². The molecule has 88 valence electrons. The number of hydrogen-bond donors (Lipinski definition) is 2. The van der Waals surface area contributed by atoms with Crippen molar-refractivity contribution in [1.82, 2.24) is 5.32 Å². The number of hydrogen-bond acceptors (Lipinski definition) is 2. The number of aliphatic hydroxyl groups is 1. The monoisotopic (exact) mass is 219 g/mol. The van der Waals surface area contributed by atoms with Crippen LogP contribution in [0.25, 0.3) is 0 Å². The fourth-order valence-electron chi connectivity index (χ4n) is 2.39. The van der Waals surface area contributed by atoms with Gasteiger partial charge in [0.2, 0.25) is 0 Å².